The summed E-state index contributed by atoms with van der Waals surface area (Å²) in [5.74, 6) is -0.799. The topological polar surface area (TPSA) is 102 Å². The Balaban J connectivity index is 1.58. The molecule has 0 bridgehead atoms. The molecule has 1 aliphatic carbocycles. The Morgan fingerprint density at radius 3 is 2.83 bits per heavy atom. The molecule has 2 heterocycles. The Kier molecular flexibility index (Phi) is 4.27. The molecular formula is C16H16N2O5. The first-order chi connectivity index (χ1) is 11.1. The van der Waals surface area contributed by atoms with Gasteiger partial charge in [-0.05, 0) is 37.5 Å². The predicted octanol–water partition coefficient (Wildman–Crippen LogP) is 2.23. The van der Waals surface area contributed by atoms with Crippen LogP contribution in [0.25, 0.3) is 0 Å². The first-order valence-electron chi connectivity index (χ1n) is 7.35. The number of aromatic nitrogens is 1. The van der Waals surface area contributed by atoms with E-state index >= 15 is 0 Å². The van der Waals surface area contributed by atoms with E-state index in [4.69, 9.17) is 14.3 Å². The van der Waals surface area contributed by atoms with E-state index in [9.17, 15) is 9.59 Å². The lowest BCUT2D eigenvalue weighted by Crippen LogP contribution is -2.26. The fourth-order valence-electron chi connectivity index (χ4n) is 2.13. The van der Waals surface area contributed by atoms with Gasteiger partial charge >= 0.3 is 5.97 Å². The van der Waals surface area contributed by atoms with Crippen LogP contribution in [0.3, 0.4) is 0 Å². The van der Waals surface area contributed by atoms with Crippen LogP contribution in [-0.4, -0.2) is 28.1 Å². The third-order valence-corrected chi connectivity index (χ3v) is 3.63. The van der Waals surface area contributed by atoms with E-state index in [0.717, 1.165) is 19.3 Å². The number of carbonyl (C=O) groups excluding carboxylic acids is 1. The summed E-state index contributed by atoms with van der Waals surface area (Å²) in [6, 6.07) is 6.05. The van der Waals surface area contributed by atoms with Gasteiger partial charge in [0.15, 0.2) is 0 Å². The van der Waals surface area contributed by atoms with Crippen LogP contribution in [0.15, 0.2) is 34.9 Å². The first kappa shape index (κ1) is 15.1. The molecule has 0 aromatic carbocycles. The number of amides is 1. The van der Waals surface area contributed by atoms with Crippen LogP contribution in [0.4, 0.5) is 0 Å². The van der Waals surface area contributed by atoms with Crippen LogP contribution in [0.2, 0.25) is 0 Å². The molecular weight excluding hydrogens is 300 g/mol. The molecule has 1 aliphatic rings. The van der Waals surface area contributed by atoms with Gasteiger partial charge in [-0.2, -0.15) is 0 Å². The molecule has 0 radical (unpaired) electrons. The number of carboxylic acids is 1. The van der Waals surface area contributed by atoms with Crippen molar-refractivity contribution in [3.63, 3.8) is 0 Å². The molecule has 0 atom stereocenters. The molecule has 2 aromatic rings. The van der Waals surface area contributed by atoms with E-state index < -0.39 is 5.97 Å². The van der Waals surface area contributed by atoms with Gasteiger partial charge in [0.2, 0.25) is 11.6 Å². The second kappa shape index (κ2) is 6.51. The van der Waals surface area contributed by atoms with Gasteiger partial charge in [-0.3, -0.25) is 4.79 Å². The van der Waals surface area contributed by atoms with Crippen LogP contribution in [-0.2, 0) is 6.54 Å². The minimum Gasteiger partial charge on any atom is -0.475 e. The normalized spacial score (nSPS) is 14.1. The van der Waals surface area contributed by atoms with Gasteiger partial charge in [-0.25, -0.2) is 9.78 Å². The zero-order valence-corrected chi connectivity index (χ0v) is 12.3. The Hall–Kier alpha value is -2.83. The largest absolute Gasteiger partial charge is 0.475 e. The molecule has 1 amide bonds. The number of ether oxygens (including phenoxy) is 1. The van der Waals surface area contributed by atoms with Crippen LogP contribution < -0.4 is 10.1 Å². The van der Waals surface area contributed by atoms with E-state index in [-0.39, 0.29) is 24.3 Å². The molecule has 1 saturated carbocycles. The number of carboxylic acid groups (broad SMARTS) is 1. The highest BCUT2D eigenvalue weighted by Gasteiger charge is 2.20. The number of aromatic carboxylic acids is 1. The van der Waals surface area contributed by atoms with E-state index in [1.54, 1.807) is 12.1 Å². The smallest absolute Gasteiger partial charge is 0.371 e. The van der Waals surface area contributed by atoms with Crippen LogP contribution in [0, 0.1) is 0 Å². The third kappa shape index (κ3) is 3.68. The quantitative estimate of drug-likeness (QED) is 0.847. The number of rotatable bonds is 6. The summed E-state index contributed by atoms with van der Waals surface area (Å²) >= 11 is 0. The minimum absolute atomic E-state index is 0.104. The van der Waals surface area contributed by atoms with Crippen LogP contribution in [0.5, 0.6) is 5.88 Å². The summed E-state index contributed by atoms with van der Waals surface area (Å²) in [6.45, 7) is 0.104. The lowest BCUT2D eigenvalue weighted by Gasteiger charge is -2.25. The molecule has 0 aliphatic heterocycles. The standard InChI is InChI=1S/C16H16N2O5/c19-15(18-9-12-4-5-13(22-12)16(20)21)10-6-7-17-14(8-10)23-11-2-1-3-11/h4-8,11H,1-3,9H2,(H,18,19)(H,20,21). The number of pyridine rings is 1. The third-order valence-electron chi connectivity index (χ3n) is 3.63. The van der Waals surface area contributed by atoms with Crippen molar-refractivity contribution in [1.82, 2.24) is 10.3 Å². The highest BCUT2D eigenvalue weighted by molar-refractivity contribution is 5.94. The number of hydrogen-bond acceptors (Lipinski definition) is 5. The molecule has 7 nitrogen and oxygen atoms in total. The number of carbonyl (C=O) groups is 2. The van der Waals surface area contributed by atoms with Crippen molar-refractivity contribution in [2.24, 2.45) is 0 Å². The van der Waals surface area contributed by atoms with Gasteiger partial charge in [0, 0.05) is 17.8 Å². The maximum Gasteiger partial charge on any atom is 0.371 e. The van der Waals surface area contributed by atoms with Crippen molar-refractivity contribution >= 4 is 11.9 Å². The van der Waals surface area contributed by atoms with Crippen molar-refractivity contribution in [3.8, 4) is 5.88 Å². The molecule has 23 heavy (non-hydrogen) atoms. The Morgan fingerprint density at radius 2 is 2.17 bits per heavy atom. The Morgan fingerprint density at radius 1 is 1.35 bits per heavy atom. The molecule has 0 unspecified atom stereocenters. The van der Waals surface area contributed by atoms with Gasteiger partial charge in [0.05, 0.1) is 6.54 Å². The van der Waals surface area contributed by atoms with Crippen molar-refractivity contribution < 1.29 is 23.8 Å². The zero-order chi connectivity index (χ0) is 16.2. The summed E-state index contributed by atoms with van der Waals surface area (Å²) in [7, 11) is 0. The molecule has 2 N–H and O–H groups in total. The van der Waals surface area contributed by atoms with E-state index in [2.05, 4.69) is 10.3 Å². The van der Waals surface area contributed by atoms with E-state index in [0.29, 0.717) is 17.2 Å². The molecule has 2 aromatic heterocycles. The molecule has 3 rings (SSSR count). The van der Waals surface area contributed by atoms with Gasteiger partial charge in [0.1, 0.15) is 11.9 Å². The number of furan rings is 1. The number of hydrogen-bond donors (Lipinski definition) is 2. The van der Waals surface area contributed by atoms with Crippen LogP contribution in [0.1, 0.15) is 45.9 Å². The molecule has 0 spiro atoms. The van der Waals surface area contributed by atoms with E-state index in [1.165, 1.54) is 18.3 Å². The lowest BCUT2D eigenvalue weighted by atomic mass is 9.96. The highest BCUT2D eigenvalue weighted by atomic mass is 16.5. The zero-order valence-electron chi connectivity index (χ0n) is 12.3. The predicted molar refractivity (Wildman–Crippen MR) is 79.3 cm³/mol. The fourth-order valence-corrected chi connectivity index (χ4v) is 2.13. The molecule has 7 heteroatoms. The van der Waals surface area contributed by atoms with Gasteiger partial charge in [-0.15, -0.1) is 0 Å². The maximum atomic E-state index is 12.1. The number of nitrogens with zero attached hydrogens (tertiary/aromatic N) is 1. The molecule has 1 fully saturated rings. The van der Waals surface area contributed by atoms with Crippen molar-refractivity contribution in [2.75, 3.05) is 0 Å². The Labute approximate surface area is 132 Å². The summed E-state index contributed by atoms with van der Waals surface area (Å²) < 4.78 is 10.7. The van der Waals surface area contributed by atoms with Gasteiger partial charge in [-0.1, -0.05) is 0 Å². The summed E-state index contributed by atoms with van der Waals surface area (Å²) in [6.07, 6.45) is 4.91. The lowest BCUT2D eigenvalue weighted by molar-refractivity contribution is 0.0660. The van der Waals surface area contributed by atoms with Gasteiger partial charge < -0.3 is 19.6 Å². The summed E-state index contributed by atoms with van der Waals surface area (Å²) in [5, 5.41) is 11.4. The molecule has 0 saturated heterocycles. The average Bonchev–Trinajstić information content (AvgIpc) is 2.98. The fraction of sp³-hybridized carbons (Fsp3) is 0.312. The van der Waals surface area contributed by atoms with Gasteiger partial charge in [0.25, 0.3) is 5.91 Å². The second-order valence-electron chi connectivity index (χ2n) is 5.31. The van der Waals surface area contributed by atoms with Crippen molar-refractivity contribution in [1.29, 1.82) is 0 Å². The molecule has 120 valence electrons. The first-order valence-corrected chi connectivity index (χ1v) is 7.35. The highest BCUT2D eigenvalue weighted by Crippen LogP contribution is 2.24. The van der Waals surface area contributed by atoms with Crippen LogP contribution >= 0.6 is 0 Å². The average molecular weight is 316 g/mol. The summed E-state index contributed by atoms with van der Waals surface area (Å²) in [5.41, 5.74) is 0.430. The summed E-state index contributed by atoms with van der Waals surface area (Å²) in [4.78, 5) is 27.0. The van der Waals surface area contributed by atoms with Crippen molar-refractivity contribution in [3.05, 3.63) is 47.5 Å². The maximum absolute atomic E-state index is 12.1. The van der Waals surface area contributed by atoms with Crippen molar-refractivity contribution in [2.45, 2.75) is 31.9 Å². The second-order valence-corrected chi connectivity index (χ2v) is 5.31. The minimum atomic E-state index is -1.14. The SMILES string of the molecule is O=C(NCc1ccc(C(=O)O)o1)c1ccnc(OC2CCC2)c1. The van der Waals surface area contributed by atoms with E-state index in [1.807, 2.05) is 0 Å². The monoisotopic (exact) mass is 316 g/mol. The Bertz CT molecular complexity index is 721. The number of nitrogens with one attached hydrogen (secondary N) is 1.